The third-order valence-corrected chi connectivity index (χ3v) is 2.95. The first-order valence-electron chi connectivity index (χ1n) is 5.51. The Morgan fingerprint density at radius 2 is 2.31 bits per heavy atom. The van der Waals surface area contributed by atoms with Crippen molar-refractivity contribution in [1.82, 2.24) is 15.1 Å². The van der Waals surface area contributed by atoms with Gasteiger partial charge < -0.3 is 10.0 Å². The van der Waals surface area contributed by atoms with Crippen LogP contribution in [0.3, 0.4) is 0 Å². The van der Waals surface area contributed by atoms with Gasteiger partial charge in [-0.25, -0.2) is 0 Å². The van der Waals surface area contributed by atoms with Crippen molar-refractivity contribution in [2.45, 2.75) is 25.3 Å². The van der Waals surface area contributed by atoms with Crippen LogP contribution in [-0.4, -0.2) is 45.3 Å². The molecule has 0 saturated heterocycles. The van der Waals surface area contributed by atoms with Gasteiger partial charge in [-0.2, -0.15) is 10.2 Å². The topological polar surface area (TPSA) is 66.3 Å². The van der Waals surface area contributed by atoms with Gasteiger partial charge in [0, 0.05) is 12.6 Å². The lowest BCUT2D eigenvalue weighted by atomic mass is 9.91. The van der Waals surface area contributed by atoms with Crippen LogP contribution >= 0.6 is 0 Å². The van der Waals surface area contributed by atoms with Gasteiger partial charge in [-0.3, -0.25) is 4.79 Å². The molecule has 0 aromatic carbocycles. The Kier molecular flexibility index (Phi) is 3.46. The number of nitrogens with zero attached hydrogens (tertiary/aromatic N) is 3. The molecule has 86 valence electrons. The summed E-state index contributed by atoms with van der Waals surface area (Å²) in [6.45, 7) is 0.395. The molecule has 1 fully saturated rings. The van der Waals surface area contributed by atoms with Gasteiger partial charge >= 0.3 is 0 Å². The second kappa shape index (κ2) is 5.03. The fraction of sp³-hybridized carbons (Fsp3) is 0.545. The molecule has 0 bridgehead atoms. The number of aliphatic hydroxyl groups excluding tert-OH is 1. The number of aromatic nitrogens is 2. The summed E-state index contributed by atoms with van der Waals surface area (Å²) in [4.78, 5) is 13.9. The van der Waals surface area contributed by atoms with E-state index in [9.17, 15) is 4.79 Å². The molecule has 0 atom stereocenters. The minimum atomic E-state index is -0.0614. The molecule has 1 amide bonds. The third-order valence-electron chi connectivity index (χ3n) is 2.95. The Morgan fingerprint density at radius 1 is 1.50 bits per heavy atom. The third kappa shape index (κ3) is 2.19. The normalized spacial score (nSPS) is 15.6. The molecule has 1 aromatic heterocycles. The van der Waals surface area contributed by atoms with Gasteiger partial charge in [-0.05, 0) is 25.3 Å². The Balaban J connectivity index is 2.10. The van der Waals surface area contributed by atoms with Crippen LogP contribution in [0.2, 0.25) is 0 Å². The average Bonchev–Trinajstić information content (AvgIpc) is 2.26. The van der Waals surface area contributed by atoms with Crippen LogP contribution in [0.1, 0.15) is 29.6 Å². The predicted octanol–water partition coefficient (Wildman–Crippen LogP) is 0.464. The first kappa shape index (κ1) is 11.0. The number of hydrogen-bond acceptors (Lipinski definition) is 4. The van der Waals surface area contributed by atoms with Crippen LogP contribution in [0.5, 0.6) is 0 Å². The van der Waals surface area contributed by atoms with E-state index in [1.54, 1.807) is 11.0 Å². The molecule has 2 rings (SSSR count). The summed E-state index contributed by atoms with van der Waals surface area (Å²) >= 11 is 0. The van der Waals surface area contributed by atoms with Gasteiger partial charge in [-0.1, -0.05) is 0 Å². The highest BCUT2D eigenvalue weighted by Gasteiger charge is 2.28. The lowest BCUT2D eigenvalue weighted by Gasteiger charge is -2.37. The van der Waals surface area contributed by atoms with Crippen LogP contribution in [0.15, 0.2) is 18.5 Å². The lowest BCUT2D eigenvalue weighted by Crippen LogP contribution is -2.45. The van der Waals surface area contributed by atoms with Crippen molar-refractivity contribution in [3.8, 4) is 0 Å². The summed E-state index contributed by atoms with van der Waals surface area (Å²) in [6.07, 6.45) is 6.19. The highest BCUT2D eigenvalue weighted by molar-refractivity contribution is 5.94. The van der Waals surface area contributed by atoms with Crippen molar-refractivity contribution < 1.29 is 9.90 Å². The number of rotatable bonds is 4. The molecule has 5 heteroatoms. The van der Waals surface area contributed by atoms with Gasteiger partial charge in [0.2, 0.25) is 0 Å². The number of hydrogen-bond donors (Lipinski definition) is 1. The first-order chi connectivity index (χ1) is 7.83. The molecular formula is C11H15N3O2. The second-order valence-corrected chi connectivity index (χ2v) is 3.94. The molecule has 1 aliphatic rings. The predicted molar refractivity (Wildman–Crippen MR) is 57.8 cm³/mol. The monoisotopic (exact) mass is 221 g/mol. The zero-order chi connectivity index (χ0) is 11.4. The van der Waals surface area contributed by atoms with E-state index in [1.165, 1.54) is 12.4 Å². The molecular weight excluding hydrogens is 206 g/mol. The maximum absolute atomic E-state index is 12.1. The molecule has 16 heavy (non-hydrogen) atoms. The fourth-order valence-corrected chi connectivity index (χ4v) is 1.84. The van der Waals surface area contributed by atoms with Crippen LogP contribution in [0.4, 0.5) is 0 Å². The molecule has 1 heterocycles. The largest absolute Gasteiger partial charge is 0.395 e. The zero-order valence-corrected chi connectivity index (χ0v) is 9.04. The Labute approximate surface area is 94.1 Å². The standard InChI is InChI=1S/C11H15N3O2/c15-7-6-14(10-2-1-3-10)11(16)9-4-5-12-13-8-9/h4-5,8,10,15H,1-3,6-7H2. The molecule has 0 aliphatic heterocycles. The van der Waals surface area contributed by atoms with Gasteiger partial charge in [-0.15, -0.1) is 0 Å². The minimum absolute atomic E-state index is 0.000746. The SMILES string of the molecule is O=C(c1ccnnc1)N(CCO)C1CCC1. The van der Waals surface area contributed by atoms with Crippen molar-refractivity contribution in [2.75, 3.05) is 13.2 Å². The molecule has 1 N–H and O–H groups in total. The molecule has 0 radical (unpaired) electrons. The number of amides is 1. The van der Waals surface area contributed by atoms with E-state index in [-0.39, 0.29) is 18.6 Å². The van der Waals surface area contributed by atoms with Gasteiger partial charge in [0.1, 0.15) is 0 Å². The van der Waals surface area contributed by atoms with Crippen LogP contribution < -0.4 is 0 Å². The molecule has 1 aromatic rings. The highest BCUT2D eigenvalue weighted by atomic mass is 16.3. The summed E-state index contributed by atoms with van der Waals surface area (Å²) in [5, 5.41) is 16.3. The fourth-order valence-electron chi connectivity index (χ4n) is 1.84. The zero-order valence-electron chi connectivity index (χ0n) is 9.04. The minimum Gasteiger partial charge on any atom is -0.395 e. The summed E-state index contributed by atoms with van der Waals surface area (Å²) in [5.41, 5.74) is 0.537. The Bertz CT molecular complexity index is 352. The van der Waals surface area contributed by atoms with Gasteiger partial charge in [0.25, 0.3) is 5.91 Å². The number of carbonyl (C=O) groups excluding carboxylic acids is 1. The van der Waals surface area contributed by atoms with Crippen molar-refractivity contribution in [3.05, 3.63) is 24.0 Å². The summed E-state index contributed by atoms with van der Waals surface area (Å²) in [5.74, 6) is -0.0614. The van der Waals surface area contributed by atoms with Crippen LogP contribution in [-0.2, 0) is 0 Å². The van der Waals surface area contributed by atoms with Crippen LogP contribution in [0.25, 0.3) is 0 Å². The first-order valence-corrected chi connectivity index (χ1v) is 5.51. The average molecular weight is 221 g/mol. The summed E-state index contributed by atoms with van der Waals surface area (Å²) in [7, 11) is 0. The number of carbonyl (C=O) groups is 1. The Hall–Kier alpha value is -1.49. The van der Waals surface area contributed by atoms with Crippen molar-refractivity contribution in [2.24, 2.45) is 0 Å². The van der Waals surface area contributed by atoms with Crippen molar-refractivity contribution >= 4 is 5.91 Å². The number of aliphatic hydroxyl groups is 1. The van der Waals surface area contributed by atoms with Gasteiger partial charge in [0.15, 0.2) is 0 Å². The smallest absolute Gasteiger partial charge is 0.255 e. The van der Waals surface area contributed by atoms with Crippen molar-refractivity contribution in [3.63, 3.8) is 0 Å². The quantitative estimate of drug-likeness (QED) is 0.802. The molecule has 1 aliphatic carbocycles. The lowest BCUT2D eigenvalue weighted by molar-refractivity contribution is 0.0525. The second-order valence-electron chi connectivity index (χ2n) is 3.94. The van der Waals surface area contributed by atoms with E-state index >= 15 is 0 Å². The molecule has 1 saturated carbocycles. The van der Waals surface area contributed by atoms with Crippen LogP contribution in [0, 0.1) is 0 Å². The highest BCUT2D eigenvalue weighted by Crippen LogP contribution is 2.25. The van der Waals surface area contributed by atoms with E-state index in [0.717, 1.165) is 19.3 Å². The van der Waals surface area contributed by atoms with E-state index in [2.05, 4.69) is 10.2 Å². The summed E-state index contributed by atoms with van der Waals surface area (Å²) < 4.78 is 0. The van der Waals surface area contributed by atoms with E-state index < -0.39 is 0 Å². The Morgan fingerprint density at radius 3 is 2.81 bits per heavy atom. The maximum Gasteiger partial charge on any atom is 0.255 e. The molecule has 0 spiro atoms. The van der Waals surface area contributed by atoms with E-state index in [0.29, 0.717) is 12.1 Å². The van der Waals surface area contributed by atoms with Crippen molar-refractivity contribution in [1.29, 1.82) is 0 Å². The van der Waals surface area contributed by atoms with E-state index in [4.69, 9.17) is 5.11 Å². The van der Waals surface area contributed by atoms with Gasteiger partial charge in [0.05, 0.1) is 24.6 Å². The van der Waals surface area contributed by atoms with E-state index in [1.807, 2.05) is 0 Å². The molecule has 0 unspecified atom stereocenters. The molecule has 5 nitrogen and oxygen atoms in total. The maximum atomic E-state index is 12.1. The summed E-state index contributed by atoms with van der Waals surface area (Å²) in [6, 6.07) is 1.94.